The highest BCUT2D eigenvalue weighted by Gasteiger charge is 2.49. The topological polar surface area (TPSA) is 93.6 Å². The molecule has 3 aromatic rings. The van der Waals surface area contributed by atoms with Crippen LogP contribution in [0.4, 0.5) is 5.69 Å². The molecule has 0 aliphatic carbocycles. The van der Waals surface area contributed by atoms with Crippen LogP contribution in [0.5, 0.6) is 0 Å². The first-order valence-electron chi connectivity index (χ1n) is 9.85. The fraction of sp³-hybridized carbons (Fsp3) is 0.174. The number of carbonyl (C=O) groups excluding carboxylic acids is 2. The summed E-state index contributed by atoms with van der Waals surface area (Å²) in [4.78, 5) is 30.1. The summed E-state index contributed by atoms with van der Waals surface area (Å²) in [5.74, 6) is -2.01. The Bertz CT molecular complexity index is 1330. The van der Waals surface area contributed by atoms with Crippen molar-refractivity contribution in [2.45, 2.75) is 23.3 Å². The van der Waals surface area contributed by atoms with E-state index in [4.69, 9.17) is 27.9 Å². The summed E-state index contributed by atoms with van der Waals surface area (Å²) >= 11 is 12.3. The molecule has 0 saturated heterocycles. The van der Waals surface area contributed by atoms with Gasteiger partial charge in [0.15, 0.2) is 0 Å². The Kier molecular flexibility index (Phi) is 6.43. The van der Waals surface area contributed by atoms with Gasteiger partial charge in [-0.15, -0.1) is 0 Å². The summed E-state index contributed by atoms with van der Waals surface area (Å²) in [6, 6.07) is 14.0. The van der Waals surface area contributed by atoms with Gasteiger partial charge in [0.1, 0.15) is 11.7 Å². The maximum Gasteiger partial charge on any atom is 0.306 e. The number of fused-ring (bicyclic) bond motifs is 1. The fourth-order valence-corrected chi connectivity index (χ4v) is 5.97. The number of rotatable bonds is 6. The van der Waals surface area contributed by atoms with Gasteiger partial charge in [-0.25, -0.2) is 8.42 Å². The molecule has 1 aromatic heterocycles. The van der Waals surface area contributed by atoms with Gasteiger partial charge in [-0.2, -0.15) is 0 Å². The van der Waals surface area contributed by atoms with Crippen LogP contribution in [0.3, 0.4) is 0 Å². The Labute approximate surface area is 201 Å². The molecule has 2 unspecified atom stereocenters. The third-order valence-electron chi connectivity index (χ3n) is 5.42. The maximum absolute atomic E-state index is 13.8. The molecule has 0 N–H and O–H groups in total. The lowest BCUT2D eigenvalue weighted by atomic mass is 9.88. The minimum absolute atomic E-state index is 0.00787. The van der Waals surface area contributed by atoms with E-state index in [0.717, 1.165) is 4.31 Å². The van der Waals surface area contributed by atoms with Crippen LogP contribution in [0.25, 0.3) is 0 Å². The van der Waals surface area contributed by atoms with Crippen molar-refractivity contribution in [1.82, 2.24) is 4.98 Å². The SMILES string of the molecule is COC(=O)CC1c2ccc(Cl)cc2N(S(=O)(=O)c2ccccc2)C1C(=O)c1cc(Cl)ccn1. The second-order valence-corrected chi connectivity index (χ2v) is 10.1. The van der Waals surface area contributed by atoms with Crippen molar-refractivity contribution in [3.63, 3.8) is 0 Å². The summed E-state index contributed by atoms with van der Waals surface area (Å²) in [5.41, 5.74) is 0.694. The minimum atomic E-state index is -4.22. The van der Waals surface area contributed by atoms with Crippen molar-refractivity contribution < 1.29 is 22.7 Å². The molecule has 0 amide bonds. The molecule has 0 fully saturated rings. The van der Waals surface area contributed by atoms with Crippen LogP contribution in [0.15, 0.2) is 71.8 Å². The Morgan fingerprint density at radius 3 is 2.39 bits per heavy atom. The van der Waals surface area contributed by atoms with E-state index >= 15 is 0 Å². The largest absolute Gasteiger partial charge is 0.469 e. The van der Waals surface area contributed by atoms with E-state index in [0.29, 0.717) is 5.56 Å². The number of nitrogens with zero attached hydrogens (tertiary/aromatic N) is 2. The number of hydrogen-bond acceptors (Lipinski definition) is 6. The second kappa shape index (κ2) is 9.13. The highest BCUT2D eigenvalue weighted by molar-refractivity contribution is 7.93. The summed E-state index contributed by atoms with van der Waals surface area (Å²) < 4.78 is 33.4. The van der Waals surface area contributed by atoms with Crippen LogP contribution < -0.4 is 4.31 Å². The zero-order chi connectivity index (χ0) is 23.8. The van der Waals surface area contributed by atoms with E-state index in [9.17, 15) is 18.0 Å². The number of esters is 1. The summed E-state index contributed by atoms with van der Waals surface area (Å²) in [6.45, 7) is 0. The molecule has 10 heteroatoms. The standard InChI is InChI=1S/C23H18Cl2N2O5S/c1-32-21(28)13-18-17-8-7-14(24)12-20(17)27(33(30,31)16-5-3-2-4-6-16)22(18)23(29)19-11-15(25)9-10-26-19/h2-12,18,22H,13H2,1H3. The van der Waals surface area contributed by atoms with Crippen molar-refractivity contribution in [1.29, 1.82) is 0 Å². The van der Waals surface area contributed by atoms with Gasteiger partial charge in [-0.05, 0) is 42.0 Å². The van der Waals surface area contributed by atoms with E-state index in [1.807, 2.05) is 0 Å². The van der Waals surface area contributed by atoms with Gasteiger partial charge in [0, 0.05) is 22.2 Å². The highest BCUT2D eigenvalue weighted by Crippen LogP contribution is 2.47. The van der Waals surface area contributed by atoms with E-state index in [1.54, 1.807) is 30.3 Å². The Hall–Kier alpha value is -2.94. The molecule has 0 saturated carbocycles. The van der Waals surface area contributed by atoms with Gasteiger partial charge < -0.3 is 4.74 Å². The number of anilines is 1. The first-order chi connectivity index (χ1) is 15.7. The van der Waals surface area contributed by atoms with Crippen LogP contribution in [0, 0.1) is 0 Å². The van der Waals surface area contributed by atoms with Gasteiger partial charge in [-0.3, -0.25) is 18.9 Å². The van der Waals surface area contributed by atoms with E-state index < -0.39 is 33.7 Å². The number of hydrogen-bond donors (Lipinski definition) is 0. The molecular weight excluding hydrogens is 487 g/mol. The molecule has 7 nitrogen and oxygen atoms in total. The van der Waals surface area contributed by atoms with Gasteiger partial charge in [0.25, 0.3) is 10.0 Å². The second-order valence-electron chi connectivity index (χ2n) is 7.37. The zero-order valence-corrected chi connectivity index (χ0v) is 19.6. The lowest BCUT2D eigenvalue weighted by Gasteiger charge is -2.28. The van der Waals surface area contributed by atoms with Crippen molar-refractivity contribution in [3.05, 3.63) is 88.2 Å². The van der Waals surface area contributed by atoms with Crippen molar-refractivity contribution in [3.8, 4) is 0 Å². The van der Waals surface area contributed by atoms with E-state index in [2.05, 4.69) is 4.98 Å². The average molecular weight is 505 g/mol. The third-order valence-corrected chi connectivity index (χ3v) is 7.70. The Morgan fingerprint density at radius 2 is 1.73 bits per heavy atom. The molecule has 2 atom stereocenters. The molecule has 1 aliphatic heterocycles. The minimum Gasteiger partial charge on any atom is -0.469 e. The monoisotopic (exact) mass is 504 g/mol. The summed E-state index contributed by atoms with van der Waals surface area (Å²) in [5, 5.41) is 0.557. The normalized spacial score (nSPS) is 17.5. The fourth-order valence-electron chi connectivity index (χ4n) is 3.95. The molecular formula is C23H18Cl2N2O5S. The lowest BCUT2D eigenvalue weighted by molar-refractivity contribution is -0.141. The molecule has 0 radical (unpaired) electrons. The molecule has 2 aromatic carbocycles. The number of ether oxygens (including phenoxy) is 1. The Morgan fingerprint density at radius 1 is 1.03 bits per heavy atom. The van der Waals surface area contributed by atoms with Crippen LogP contribution in [-0.4, -0.2) is 38.3 Å². The van der Waals surface area contributed by atoms with E-state index in [1.165, 1.54) is 43.6 Å². The number of methoxy groups -OCH3 is 1. The number of sulfonamides is 1. The highest BCUT2D eigenvalue weighted by atomic mass is 35.5. The predicted octanol–water partition coefficient (Wildman–Crippen LogP) is 4.50. The van der Waals surface area contributed by atoms with Gasteiger partial charge in [0.2, 0.25) is 5.78 Å². The quantitative estimate of drug-likeness (QED) is 0.362. The number of pyridine rings is 1. The molecule has 1 aliphatic rings. The molecule has 170 valence electrons. The number of carbonyl (C=O) groups is 2. The Balaban J connectivity index is 1.95. The maximum atomic E-state index is 13.8. The van der Waals surface area contributed by atoms with Crippen LogP contribution in [0.2, 0.25) is 10.0 Å². The smallest absolute Gasteiger partial charge is 0.306 e. The molecule has 2 heterocycles. The summed E-state index contributed by atoms with van der Waals surface area (Å²) in [7, 11) is -2.99. The number of benzene rings is 2. The van der Waals surface area contributed by atoms with Crippen LogP contribution in [-0.2, 0) is 19.6 Å². The van der Waals surface area contributed by atoms with Crippen molar-refractivity contribution >= 4 is 50.7 Å². The number of halogens is 2. The summed E-state index contributed by atoms with van der Waals surface area (Å²) in [6.07, 6.45) is 1.14. The van der Waals surface area contributed by atoms with Crippen molar-refractivity contribution in [2.24, 2.45) is 0 Å². The number of Topliss-reactive ketones (excluding diaryl/α,β-unsaturated/α-hetero) is 1. The van der Waals surface area contributed by atoms with E-state index in [-0.39, 0.29) is 32.7 Å². The predicted molar refractivity (Wildman–Crippen MR) is 124 cm³/mol. The van der Waals surface area contributed by atoms with Crippen LogP contribution in [0.1, 0.15) is 28.4 Å². The zero-order valence-electron chi connectivity index (χ0n) is 17.3. The number of aromatic nitrogens is 1. The number of ketones is 1. The molecule has 0 spiro atoms. The van der Waals surface area contributed by atoms with Gasteiger partial charge in [0.05, 0.1) is 24.1 Å². The van der Waals surface area contributed by atoms with Crippen LogP contribution >= 0.6 is 23.2 Å². The van der Waals surface area contributed by atoms with Gasteiger partial charge >= 0.3 is 5.97 Å². The van der Waals surface area contributed by atoms with Gasteiger partial charge in [-0.1, -0.05) is 47.5 Å². The third kappa shape index (κ3) is 4.34. The molecule has 33 heavy (non-hydrogen) atoms. The average Bonchev–Trinajstić information content (AvgIpc) is 3.12. The first kappa shape index (κ1) is 23.2. The molecule has 4 rings (SSSR count). The first-order valence-corrected chi connectivity index (χ1v) is 12.0. The molecule has 0 bridgehead atoms. The lowest BCUT2D eigenvalue weighted by Crippen LogP contribution is -2.45. The van der Waals surface area contributed by atoms with Crippen molar-refractivity contribution in [2.75, 3.05) is 11.4 Å².